The molecule has 1 atom stereocenters. The van der Waals surface area contributed by atoms with Crippen LogP contribution in [-0.4, -0.2) is 11.8 Å². The van der Waals surface area contributed by atoms with Gasteiger partial charge in [0.2, 0.25) is 11.8 Å². The first-order valence-corrected chi connectivity index (χ1v) is 5.67. The summed E-state index contributed by atoms with van der Waals surface area (Å²) in [5, 5.41) is 0. The van der Waals surface area contributed by atoms with Crippen LogP contribution in [0.5, 0.6) is 0 Å². The number of nitrogens with two attached hydrogens (primary N) is 2. The lowest BCUT2D eigenvalue weighted by molar-refractivity contribution is -0.127. The summed E-state index contributed by atoms with van der Waals surface area (Å²) >= 11 is 0. The molecule has 1 rings (SSSR count). The highest BCUT2D eigenvalue weighted by Crippen LogP contribution is 2.30. The molecular weight excluding hydrogens is 192 g/mol. The molecule has 1 aliphatic rings. The second-order valence-electron chi connectivity index (χ2n) is 4.50. The lowest BCUT2D eigenvalue weighted by Crippen LogP contribution is -2.28. The van der Waals surface area contributed by atoms with Gasteiger partial charge in [0.25, 0.3) is 0 Å². The van der Waals surface area contributed by atoms with E-state index in [1.165, 1.54) is 25.7 Å². The molecule has 4 heteroatoms. The first-order chi connectivity index (χ1) is 7.09. The second-order valence-corrected chi connectivity index (χ2v) is 4.50. The van der Waals surface area contributed by atoms with E-state index >= 15 is 0 Å². The van der Waals surface area contributed by atoms with Gasteiger partial charge in [-0.15, -0.1) is 0 Å². The molecule has 0 aromatic rings. The van der Waals surface area contributed by atoms with E-state index in [4.69, 9.17) is 11.5 Å². The van der Waals surface area contributed by atoms with Gasteiger partial charge >= 0.3 is 0 Å². The van der Waals surface area contributed by atoms with Crippen LogP contribution < -0.4 is 11.5 Å². The average Bonchev–Trinajstić information content (AvgIpc) is 2.63. The smallest absolute Gasteiger partial charge is 0.221 e. The fraction of sp³-hybridized carbons (Fsp3) is 0.818. The average molecular weight is 212 g/mol. The second kappa shape index (κ2) is 5.73. The van der Waals surface area contributed by atoms with Crippen molar-refractivity contribution in [3.8, 4) is 0 Å². The molecule has 2 amide bonds. The van der Waals surface area contributed by atoms with Crippen LogP contribution >= 0.6 is 0 Å². The van der Waals surface area contributed by atoms with Gasteiger partial charge in [0.05, 0.1) is 0 Å². The SMILES string of the molecule is NC(=O)CC(CCC1CCCC1)C(N)=O. The number of carbonyl (C=O) groups excluding carboxylic acids is 2. The van der Waals surface area contributed by atoms with E-state index in [0.717, 1.165) is 12.3 Å². The molecule has 0 bridgehead atoms. The molecule has 1 unspecified atom stereocenters. The third kappa shape index (κ3) is 4.32. The quantitative estimate of drug-likeness (QED) is 0.686. The van der Waals surface area contributed by atoms with Gasteiger partial charge in [-0.3, -0.25) is 9.59 Å². The zero-order valence-electron chi connectivity index (χ0n) is 9.08. The Balaban J connectivity index is 2.30. The van der Waals surface area contributed by atoms with Gasteiger partial charge in [0.15, 0.2) is 0 Å². The maximum atomic E-state index is 11.1. The Morgan fingerprint density at radius 2 is 1.80 bits per heavy atom. The summed E-state index contributed by atoms with van der Waals surface area (Å²) in [7, 11) is 0. The standard InChI is InChI=1S/C11H20N2O2/c12-10(14)7-9(11(13)15)6-5-8-3-1-2-4-8/h8-9H,1-7H2,(H2,12,14)(H2,13,15). The van der Waals surface area contributed by atoms with E-state index in [9.17, 15) is 9.59 Å². The van der Waals surface area contributed by atoms with Crippen molar-refractivity contribution in [3.63, 3.8) is 0 Å². The minimum absolute atomic E-state index is 0.0993. The topological polar surface area (TPSA) is 86.2 Å². The lowest BCUT2D eigenvalue weighted by atomic mass is 9.92. The van der Waals surface area contributed by atoms with Gasteiger partial charge in [-0.1, -0.05) is 25.7 Å². The van der Waals surface area contributed by atoms with E-state index in [1.54, 1.807) is 0 Å². The summed E-state index contributed by atoms with van der Waals surface area (Å²) in [5.41, 5.74) is 10.3. The maximum absolute atomic E-state index is 11.1. The fourth-order valence-electron chi connectivity index (χ4n) is 2.32. The summed E-state index contributed by atoms with van der Waals surface area (Å²) in [6.07, 6.45) is 6.90. The number of primary amides is 2. The summed E-state index contributed by atoms with van der Waals surface area (Å²) < 4.78 is 0. The molecule has 1 saturated carbocycles. The molecule has 0 aromatic heterocycles. The number of hydrogen-bond acceptors (Lipinski definition) is 2. The zero-order valence-corrected chi connectivity index (χ0v) is 9.08. The zero-order chi connectivity index (χ0) is 11.3. The van der Waals surface area contributed by atoms with Crippen molar-refractivity contribution in [1.29, 1.82) is 0 Å². The Morgan fingerprint density at radius 3 is 2.27 bits per heavy atom. The van der Waals surface area contributed by atoms with E-state index in [-0.39, 0.29) is 12.3 Å². The van der Waals surface area contributed by atoms with Crippen molar-refractivity contribution in [1.82, 2.24) is 0 Å². The van der Waals surface area contributed by atoms with Gasteiger partial charge in [-0.2, -0.15) is 0 Å². The van der Waals surface area contributed by atoms with E-state index < -0.39 is 11.8 Å². The summed E-state index contributed by atoms with van der Waals surface area (Å²) in [4.78, 5) is 21.8. The Labute approximate surface area is 90.4 Å². The summed E-state index contributed by atoms with van der Waals surface area (Å²) in [5.74, 6) is -0.472. The minimum atomic E-state index is -0.440. The minimum Gasteiger partial charge on any atom is -0.370 e. The highest BCUT2D eigenvalue weighted by molar-refractivity contribution is 5.83. The normalized spacial score (nSPS) is 18.9. The predicted molar refractivity (Wildman–Crippen MR) is 57.7 cm³/mol. The van der Waals surface area contributed by atoms with Crippen molar-refractivity contribution in [2.24, 2.45) is 23.3 Å². The van der Waals surface area contributed by atoms with Crippen molar-refractivity contribution < 1.29 is 9.59 Å². The highest BCUT2D eigenvalue weighted by Gasteiger charge is 2.21. The Hall–Kier alpha value is -1.06. The van der Waals surface area contributed by atoms with E-state index in [1.807, 2.05) is 0 Å². The fourth-order valence-corrected chi connectivity index (χ4v) is 2.32. The molecule has 0 spiro atoms. The Morgan fingerprint density at radius 1 is 1.20 bits per heavy atom. The number of carbonyl (C=O) groups is 2. The largest absolute Gasteiger partial charge is 0.370 e. The third-order valence-electron chi connectivity index (χ3n) is 3.25. The highest BCUT2D eigenvalue weighted by atomic mass is 16.2. The van der Waals surface area contributed by atoms with Crippen molar-refractivity contribution in [2.75, 3.05) is 0 Å². The van der Waals surface area contributed by atoms with Gasteiger partial charge in [0.1, 0.15) is 0 Å². The van der Waals surface area contributed by atoms with Crippen molar-refractivity contribution in [2.45, 2.75) is 44.9 Å². The molecule has 1 fully saturated rings. The van der Waals surface area contributed by atoms with Crippen LogP contribution in [0, 0.1) is 11.8 Å². The van der Waals surface area contributed by atoms with Crippen LogP contribution in [0.1, 0.15) is 44.9 Å². The third-order valence-corrected chi connectivity index (χ3v) is 3.25. The molecule has 4 nitrogen and oxygen atoms in total. The first kappa shape index (κ1) is 12.0. The Kier molecular flexibility index (Phi) is 4.59. The van der Waals surface area contributed by atoms with Crippen molar-refractivity contribution in [3.05, 3.63) is 0 Å². The molecule has 15 heavy (non-hydrogen) atoms. The van der Waals surface area contributed by atoms with Crippen molar-refractivity contribution >= 4 is 11.8 Å². The molecule has 0 aliphatic heterocycles. The lowest BCUT2D eigenvalue weighted by Gasteiger charge is -2.14. The Bertz CT molecular complexity index is 235. The first-order valence-electron chi connectivity index (χ1n) is 5.67. The monoisotopic (exact) mass is 212 g/mol. The predicted octanol–water partition coefficient (Wildman–Crippen LogP) is 0.934. The summed E-state index contributed by atoms with van der Waals surface area (Å²) in [6, 6.07) is 0. The molecule has 1 aliphatic carbocycles. The molecule has 0 heterocycles. The summed E-state index contributed by atoms with van der Waals surface area (Å²) in [6.45, 7) is 0. The van der Waals surface area contributed by atoms with Crippen LogP contribution in [0.15, 0.2) is 0 Å². The molecular formula is C11H20N2O2. The van der Waals surface area contributed by atoms with E-state index in [2.05, 4.69) is 0 Å². The van der Waals surface area contributed by atoms with Gasteiger partial charge in [0, 0.05) is 12.3 Å². The van der Waals surface area contributed by atoms with Crippen LogP contribution in [0.4, 0.5) is 0 Å². The van der Waals surface area contributed by atoms with Crippen LogP contribution in [0.25, 0.3) is 0 Å². The van der Waals surface area contributed by atoms with Gasteiger partial charge in [-0.05, 0) is 18.8 Å². The van der Waals surface area contributed by atoms with Crippen LogP contribution in [0.3, 0.4) is 0 Å². The maximum Gasteiger partial charge on any atom is 0.221 e. The molecule has 0 radical (unpaired) electrons. The van der Waals surface area contributed by atoms with E-state index in [0.29, 0.717) is 6.42 Å². The molecule has 86 valence electrons. The van der Waals surface area contributed by atoms with Crippen LogP contribution in [0.2, 0.25) is 0 Å². The van der Waals surface area contributed by atoms with Crippen LogP contribution in [-0.2, 0) is 9.59 Å². The van der Waals surface area contributed by atoms with Gasteiger partial charge in [-0.25, -0.2) is 0 Å². The molecule has 0 aromatic carbocycles. The number of amides is 2. The molecule has 0 saturated heterocycles. The number of hydrogen-bond donors (Lipinski definition) is 2. The molecule has 4 N–H and O–H groups in total. The van der Waals surface area contributed by atoms with Gasteiger partial charge < -0.3 is 11.5 Å². The number of rotatable bonds is 6.